The maximum absolute atomic E-state index is 13.1. The molecule has 1 saturated heterocycles. The van der Waals surface area contributed by atoms with E-state index in [2.05, 4.69) is 10.2 Å². The molecule has 1 atom stereocenters. The summed E-state index contributed by atoms with van der Waals surface area (Å²) in [4.78, 5) is 14.1. The van der Waals surface area contributed by atoms with Crippen LogP contribution in [0.5, 0.6) is 0 Å². The molecule has 170 valence electrons. The molecule has 2 heterocycles. The molecule has 0 aliphatic carbocycles. The second kappa shape index (κ2) is 8.76. The molecule has 0 bridgehead atoms. The highest BCUT2D eigenvalue weighted by molar-refractivity contribution is 7.11. The quantitative estimate of drug-likeness (QED) is 0.537. The zero-order chi connectivity index (χ0) is 23.0. The van der Waals surface area contributed by atoms with Crippen LogP contribution in [0.4, 0.5) is 26.3 Å². The topological polar surface area (TPSA) is 46.1 Å². The van der Waals surface area contributed by atoms with Gasteiger partial charge in [0, 0.05) is 31.0 Å². The fourth-order valence-electron chi connectivity index (χ4n) is 3.49. The number of alkyl halides is 6. The molecule has 31 heavy (non-hydrogen) atoms. The zero-order valence-corrected chi connectivity index (χ0v) is 17.7. The highest BCUT2D eigenvalue weighted by Crippen LogP contribution is 2.37. The lowest BCUT2D eigenvalue weighted by molar-refractivity contribution is -0.143. The lowest BCUT2D eigenvalue weighted by Crippen LogP contribution is -2.39. The number of likely N-dealkylation sites (tertiary alicyclic amines) is 1. The maximum atomic E-state index is 13.1. The van der Waals surface area contributed by atoms with E-state index in [0.29, 0.717) is 24.5 Å². The van der Waals surface area contributed by atoms with Gasteiger partial charge in [-0.05, 0) is 37.0 Å². The van der Waals surface area contributed by atoms with Crippen LogP contribution in [-0.4, -0.2) is 34.1 Å². The van der Waals surface area contributed by atoms with Crippen LogP contribution in [0, 0.1) is 5.92 Å². The van der Waals surface area contributed by atoms with E-state index in [9.17, 15) is 31.1 Å². The second-order valence-electron chi connectivity index (χ2n) is 8.02. The normalized spacial score (nSPS) is 18.0. The predicted octanol–water partition coefficient (Wildman–Crippen LogP) is 5.79. The Hall–Kier alpha value is -2.17. The summed E-state index contributed by atoms with van der Waals surface area (Å²) in [5.41, 5.74) is -3.62. The number of hydrogen-bond acceptors (Lipinski definition) is 4. The molecule has 1 unspecified atom stereocenters. The van der Waals surface area contributed by atoms with Gasteiger partial charge in [-0.15, -0.1) is 21.5 Å². The number of amides is 1. The van der Waals surface area contributed by atoms with Gasteiger partial charge in [0.2, 0.25) is 0 Å². The summed E-state index contributed by atoms with van der Waals surface area (Å²) >= 11 is 1.43. The van der Waals surface area contributed by atoms with E-state index in [1.165, 1.54) is 16.2 Å². The van der Waals surface area contributed by atoms with Gasteiger partial charge in [0.1, 0.15) is 10.0 Å². The third-order valence-corrected chi connectivity index (χ3v) is 6.07. The molecule has 1 aromatic heterocycles. The van der Waals surface area contributed by atoms with Gasteiger partial charge in [-0.25, -0.2) is 0 Å². The van der Waals surface area contributed by atoms with Crippen molar-refractivity contribution >= 4 is 17.2 Å². The molecule has 0 radical (unpaired) electrons. The molecule has 0 spiro atoms. The molecule has 4 nitrogen and oxygen atoms in total. The molecule has 0 N–H and O–H groups in total. The van der Waals surface area contributed by atoms with Crippen LogP contribution < -0.4 is 0 Å². The van der Waals surface area contributed by atoms with E-state index in [1.807, 2.05) is 13.8 Å². The van der Waals surface area contributed by atoms with Crippen molar-refractivity contribution < 1.29 is 31.1 Å². The molecule has 1 aliphatic heterocycles. The van der Waals surface area contributed by atoms with Gasteiger partial charge in [-0.1, -0.05) is 13.8 Å². The van der Waals surface area contributed by atoms with Crippen LogP contribution in [0.25, 0.3) is 0 Å². The van der Waals surface area contributed by atoms with E-state index in [0.717, 1.165) is 22.9 Å². The Kier molecular flexibility index (Phi) is 6.64. The number of halogens is 6. The Morgan fingerprint density at radius 3 is 2.26 bits per heavy atom. The van der Waals surface area contributed by atoms with Crippen molar-refractivity contribution in [2.24, 2.45) is 5.92 Å². The Morgan fingerprint density at radius 1 is 1.10 bits per heavy atom. The Bertz CT molecular complexity index is 905. The standard InChI is InChI=1S/C20H21F6N3OS/c1-11(2)6-16-27-28-17(31-16)12-4-3-5-29(10-12)18(30)13-7-14(19(21,22)23)9-15(8-13)20(24,25)26/h7-9,11-12H,3-6,10H2,1-2H3. The second-order valence-corrected chi connectivity index (χ2v) is 9.11. The van der Waals surface area contributed by atoms with Crippen LogP contribution in [0.15, 0.2) is 18.2 Å². The van der Waals surface area contributed by atoms with Crippen molar-refractivity contribution in [3.63, 3.8) is 0 Å². The predicted molar refractivity (Wildman–Crippen MR) is 103 cm³/mol. The summed E-state index contributed by atoms with van der Waals surface area (Å²) in [7, 11) is 0. The zero-order valence-electron chi connectivity index (χ0n) is 16.8. The van der Waals surface area contributed by atoms with Gasteiger partial charge in [0.15, 0.2) is 0 Å². The molecule has 1 amide bonds. The van der Waals surface area contributed by atoms with Gasteiger partial charge in [-0.3, -0.25) is 4.79 Å². The number of carbonyl (C=O) groups is 1. The first kappa shape index (κ1) is 23.5. The van der Waals surface area contributed by atoms with Gasteiger partial charge >= 0.3 is 12.4 Å². The minimum absolute atomic E-state index is 0.0211. The van der Waals surface area contributed by atoms with E-state index in [4.69, 9.17) is 0 Å². The van der Waals surface area contributed by atoms with Crippen molar-refractivity contribution in [1.82, 2.24) is 15.1 Å². The molecule has 1 fully saturated rings. The van der Waals surface area contributed by atoms with Gasteiger partial charge in [-0.2, -0.15) is 26.3 Å². The molecular weight excluding hydrogens is 444 g/mol. The first-order chi connectivity index (χ1) is 14.3. The number of hydrogen-bond donors (Lipinski definition) is 0. The van der Waals surface area contributed by atoms with Crippen LogP contribution in [-0.2, 0) is 18.8 Å². The largest absolute Gasteiger partial charge is 0.416 e. The number of rotatable bonds is 4. The molecule has 1 aromatic carbocycles. The molecule has 3 rings (SSSR count). The number of piperidine rings is 1. The van der Waals surface area contributed by atoms with Crippen molar-refractivity contribution in [2.45, 2.75) is 51.4 Å². The minimum Gasteiger partial charge on any atom is -0.338 e. The summed E-state index contributed by atoms with van der Waals surface area (Å²) in [5.74, 6) is -0.605. The monoisotopic (exact) mass is 465 g/mol. The Balaban J connectivity index is 1.84. The minimum atomic E-state index is -5.00. The first-order valence-electron chi connectivity index (χ1n) is 9.75. The lowest BCUT2D eigenvalue weighted by Gasteiger charge is -2.32. The fraction of sp³-hybridized carbons (Fsp3) is 0.550. The van der Waals surface area contributed by atoms with E-state index in [1.54, 1.807) is 0 Å². The first-order valence-corrected chi connectivity index (χ1v) is 10.6. The molecule has 11 heteroatoms. The highest BCUT2D eigenvalue weighted by Gasteiger charge is 2.38. The summed E-state index contributed by atoms with van der Waals surface area (Å²) in [6, 6.07) is 0.979. The van der Waals surface area contributed by atoms with E-state index in [-0.39, 0.29) is 25.1 Å². The summed E-state index contributed by atoms with van der Waals surface area (Å²) < 4.78 is 78.7. The molecule has 1 aliphatic rings. The van der Waals surface area contributed by atoms with Gasteiger partial charge in [0.05, 0.1) is 11.1 Å². The number of benzene rings is 1. The smallest absolute Gasteiger partial charge is 0.338 e. The molecule has 0 saturated carbocycles. The number of carbonyl (C=O) groups excluding carboxylic acids is 1. The Morgan fingerprint density at radius 2 is 1.71 bits per heavy atom. The maximum Gasteiger partial charge on any atom is 0.416 e. The summed E-state index contributed by atoms with van der Waals surface area (Å²) in [6.07, 6.45) is -7.95. The average molecular weight is 465 g/mol. The van der Waals surface area contributed by atoms with E-state index < -0.39 is 35.0 Å². The van der Waals surface area contributed by atoms with Crippen molar-refractivity contribution in [1.29, 1.82) is 0 Å². The number of nitrogens with zero attached hydrogens (tertiary/aromatic N) is 3. The van der Waals surface area contributed by atoms with Gasteiger partial charge < -0.3 is 4.90 Å². The van der Waals surface area contributed by atoms with Crippen LogP contribution in [0.1, 0.15) is 64.1 Å². The van der Waals surface area contributed by atoms with Crippen LogP contribution in [0.3, 0.4) is 0 Å². The highest BCUT2D eigenvalue weighted by atomic mass is 32.1. The van der Waals surface area contributed by atoms with Crippen molar-refractivity contribution in [3.8, 4) is 0 Å². The van der Waals surface area contributed by atoms with Crippen molar-refractivity contribution in [3.05, 3.63) is 44.9 Å². The Labute approximate surface area is 179 Å². The lowest BCUT2D eigenvalue weighted by atomic mass is 9.97. The van der Waals surface area contributed by atoms with Gasteiger partial charge in [0.25, 0.3) is 5.91 Å². The fourth-order valence-corrected chi connectivity index (χ4v) is 4.67. The average Bonchev–Trinajstić information content (AvgIpc) is 3.13. The number of aromatic nitrogens is 2. The third kappa shape index (κ3) is 5.75. The van der Waals surface area contributed by atoms with E-state index >= 15 is 0 Å². The van der Waals surface area contributed by atoms with Crippen LogP contribution in [0.2, 0.25) is 0 Å². The van der Waals surface area contributed by atoms with Crippen molar-refractivity contribution in [2.75, 3.05) is 13.1 Å². The molecule has 2 aromatic rings. The SMILES string of the molecule is CC(C)Cc1nnc(C2CCCN(C(=O)c3cc(C(F)(F)F)cc(C(F)(F)F)c3)C2)s1. The third-order valence-electron chi connectivity index (χ3n) is 4.96. The summed E-state index contributed by atoms with van der Waals surface area (Å²) in [6.45, 7) is 4.52. The molecular formula is C20H21F6N3OS. The van der Waals surface area contributed by atoms with Crippen LogP contribution >= 0.6 is 11.3 Å². The summed E-state index contributed by atoms with van der Waals surface area (Å²) in [5, 5.41) is 9.93.